The summed E-state index contributed by atoms with van der Waals surface area (Å²) in [5, 5.41) is 13.0. The average Bonchev–Trinajstić information content (AvgIpc) is 3.15. The van der Waals surface area contributed by atoms with Gasteiger partial charge in [0.2, 0.25) is 0 Å². The quantitative estimate of drug-likeness (QED) is 0.0724. The van der Waals surface area contributed by atoms with Crippen LogP contribution in [0.25, 0.3) is 10.9 Å². The van der Waals surface area contributed by atoms with E-state index in [2.05, 4.69) is 28.5 Å². The number of unbranched alkanes of at least 4 members (excludes halogenated alkanes) is 4. The normalized spacial score (nSPS) is 11.1. The number of nitrogens with one attached hydrogen (secondary N) is 1. The van der Waals surface area contributed by atoms with Crippen LogP contribution in [-0.4, -0.2) is 55.9 Å². The molecule has 0 saturated carbocycles. The van der Waals surface area contributed by atoms with Crippen molar-refractivity contribution in [1.29, 1.82) is 0 Å². The third kappa shape index (κ3) is 10.3. The maximum absolute atomic E-state index is 13.6. The predicted octanol–water partition coefficient (Wildman–Crippen LogP) is 8.71. The third-order valence-electron chi connectivity index (χ3n) is 8.89. The number of nitrogens with two attached hydrogens (primary N) is 1. The number of aryl methyl sites for hydroxylation is 2. The Balaban J connectivity index is 1.24. The summed E-state index contributed by atoms with van der Waals surface area (Å²) < 4.78 is 11.1. The molecule has 10 heteroatoms. The van der Waals surface area contributed by atoms with Crippen molar-refractivity contribution in [2.45, 2.75) is 61.7 Å². The van der Waals surface area contributed by atoms with Crippen molar-refractivity contribution in [3.05, 3.63) is 113 Å². The number of carbonyl (C=O) groups is 2. The Bertz CT molecular complexity index is 1970. The fraction of sp³-hybridized carbons (Fsp3) is 0.310. The summed E-state index contributed by atoms with van der Waals surface area (Å²) in [5.41, 5.74) is 11.7. The average molecular weight is 721 g/mol. The predicted molar refractivity (Wildman–Crippen MR) is 210 cm³/mol. The molecule has 0 fully saturated rings. The van der Waals surface area contributed by atoms with Gasteiger partial charge in [0.1, 0.15) is 5.75 Å². The first kappa shape index (κ1) is 38.3. The van der Waals surface area contributed by atoms with Gasteiger partial charge in [0.15, 0.2) is 0 Å². The molecular formula is C42H48N4O5S. The zero-order valence-electron chi connectivity index (χ0n) is 30.2. The van der Waals surface area contributed by atoms with E-state index in [-0.39, 0.29) is 18.1 Å². The zero-order chi connectivity index (χ0) is 36.9. The number of fused-ring (bicyclic) bond motifs is 1. The molecule has 272 valence electrons. The Labute approximate surface area is 310 Å². The van der Waals surface area contributed by atoms with E-state index in [1.165, 1.54) is 23.5 Å². The lowest BCUT2D eigenvalue weighted by Crippen LogP contribution is -2.26. The van der Waals surface area contributed by atoms with Gasteiger partial charge in [-0.3, -0.25) is 14.6 Å². The van der Waals surface area contributed by atoms with Gasteiger partial charge in [-0.25, -0.2) is 0 Å². The molecule has 4 aromatic carbocycles. The molecule has 5 rings (SSSR count). The van der Waals surface area contributed by atoms with Gasteiger partial charge < -0.3 is 30.5 Å². The third-order valence-corrected chi connectivity index (χ3v) is 9.85. The van der Waals surface area contributed by atoms with E-state index in [0.717, 1.165) is 95.8 Å². The molecule has 0 atom stereocenters. The van der Waals surface area contributed by atoms with Crippen molar-refractivity contribution in [2.24, 2.45) is 5.73 Å². The zero-order valence-corrected chi connectivity index (χ0v) is 31.0. The first-order valence-corrected chi connectivity index (χ1v) is 18.6. The summed E-state index contributed by atoms with van der Waals surface area (Å²) in [6.07, 6.45) is 8.60. The number of anilines is 3. The number of rotatable bonds is 19. The molecule has 0 aliphatic carbocycles. The number of hydrogen-bond donors (Lipinski definition) is 3. The Kier molecular flexibility index (Phi) is 14.1. The van der Waals surface area contributed by atoms with Gasteiger partial charge in [-0.1, -0.05) is 48.9 Å². The molecule has 52 heavy (non-hydrogen) atoms. The van der Waals surface area contributed by atoms with Gasteiger partial charge in [0, 0.05) is 71.2 Å². The molecule has 2 amide bonds. The summed E-state index contributed by atoms with van der Waals surface area (Å²) in [5.74, 6) is -0.00293. The molecule has 5 aromatic rings. The number of carbonyl (C=O) groups excluding carboxylic acids is 2. The van der Waals surface area contributed by atoms with E-state index < -0.39 is 5.91 Å². The smallest absolute Gasteiger partial charge is 0.258 e. The van der Waals surface area contributed by atoms with E-state index >= 15 is 0 Å². The van der Waals surface area contributed by atoms with E-state index in [0.29, 0.717) is 17.0 Å². The van der Waals surface area contributed by atoms with E-state index in [9.17, 15) is 9.59 Å². The molecule has 0 spiro atoms. The molecule has 0 aliphatic rings. The lowest BCUT2D eigenvalue weighted by atomic mass is 10.1. The van der Waals surface area contributed by atoms with Crippen molar-refractivity contribution < 1.29 is 24.2 Å². The van der Waals surface area contributed by atoms with Crippen molar-refractivity contribution in [3.8, 4) is 5.75 Å². The minimum Gasteiger partial charge on any atom is -0.497 e. The van der Waals surface area contributed by atoms with Crippen LogP contribution in [-0.2, 0) is 11.2 Å². The minimum atomic E-state index is -0.584. The highest BCUT2D eigenvalue weighted by Crippen LogP contribution is 2.37. The molecule has 0 radical (unpaired) electrons. The number of ether oxygens (including phenoxy) is 2. The lowest BCUT2D eigenvalue weighted by Gasteiger charge is -2.18. The maximum Gasteiger partial charge on any atom is 0.258 e. The summed E-state index contributed by atoms with van der Waals surface area (Å²) in [6, 6.07) is 27.3. The lowest BCUT2D eigenvalue weighted by molar-refractivity contribution is 0.0987. The van der Waals surface area contributed by atoms with Gasteiger partial charge in [-0.15, -0.1) is 0 Å². The Morgan fingerprint density at radius 2 is 1.63 bits per heavy atom. The van der Waals surface area contributed by atoms with Gasteiger partial charge >= 0.3 is 0 Å². The number of aromatic nitrogens is 1. The first-order valence-electron chi connectivity index (χ1n) is 17.7. The Morgan fingerprint density at radius 3 is 2.38 bits per heavy atom. The summed E-state index contributed by atoms with van der Waals surface area (Å²) in [6.45, 7) is 3.80. The van der Waals surface area contributed by atoms with Crippen molar-refractivity contribution in [2.75, 3.05) is 44.2 Å². The summed E-state index contributed by atoms with van der Waals surface area (Å²) >= 11 is 1.53. The van der Waals surface area contributed by atoms with Crippen molar-refractivity contribution in [3.63, 3.8) is 0 Å². The summed E-state index contributed by atoms with van der Waals surface area (Å²) in [7, 11) is 3.40. The van der Waals surface area contributed by atoms with Crippen molar-refractivity contribution in [1.82, 2.24) is 4.98 Å². The van der Waals surface area contributed by atoms with E-state index in [1.807, 2.05) is 73.7 Å². The fourth-order valence-electron chi connectivity index (χ4n) is 6.00. The topological polar surface area (TPSA) is 127 Å². The number of pyridine rings is 1. The molecular weight excluding hydrogens is 673 g/mol. The molecule has 1 aromatic heterocycles. The first-order chi connectivity index (χ1) is 25.3. The second-order valence-corrected chi connectivity index (χ2v) is 13.9. The largest absolute Gasteiger partial charge is 0.497 e. The number of methoxy groups -OCH3 is 1. The molecule has 1 heterocycles. The SMILES string of the molecule is COc1cccc(Nc2c(C(N)=O)cnc3c(C)cc(Sc4cccc(C(=O)N(C)c5ccc(CCCCOCCCCCCO)cc5)c4)cc23)c1. The molecule has 0 bridgehead atoms. The van der Waals surface area contributed by atoms with Crippen LogP contribution in [0.2, 0.25) is 0 Å². The van der Waals surface area contributed by atoms with Gasteiger partial charge in [-0.05, 0) is 105 Å². The molecule has 0 aliphatic heterocycles. The van der Waals surface area contributed by atoms with Crippen LogP contribution < -0.4 is 20.7 Å². The van der Waals surface area contributed by atoms with Crippen LogP contribution in [0.15, 0.2) is 101 Å². The number of benzene rings is 4. The Morgan fingerprint density at radius 1 is 0.885 bits per heavy atom. The van der Waals surface area contributed by atoms with Crippen LogP contribution >= 0.6 is 11.8 Å². The van der Waals surface area contributed by atoms with Gasteiger partial charge in [-0.2, -0.15) is 0 Å². The Hall–Kier alpha value is -4.90. The number of hydrogen-bond acceptors (Lipinski definition) is 8. The fourth-order valence-corrected chi connectivity index (χ4v) is 7.02. The van der Waals surface area contributed by atoms with Gasteiger partial charge in [0.25, 0.3) is 11.8 Å². The highest BCUT2D eigenvalue weighted by Gasteiger charge is 2.18. The standard InChI is InChI=1S/C42H48N4O5S/c1-29-24-36(27-37-39(29)44-28-38(41(43)48)40(37)45-32-14-11-15-34(26-32)50-3)52-35-16-10-13-31(25-35)42(49)46(2)33-19-17-30(18-20-33)12-6-9-23-51-22-8-5-4-7-21-47/h10-11,13-20,24-28,47H,4-9,12,21-23H2,1-3H3,(H2,43,48)(H,44,45). The molecule has 9 nitrogen and oxygen atoms in total. The second-order valence-electron chi connectivity index (χ2n) is 12.8. The van der Waals surface area contributed by atoms with Crippen LogP contribution in [0.1, 0.15) is 70.4 Å². The molecule has 4 N–H and O–H groups in total. The van der Waals surface area contributed by atoms with Crippen LogP contribution in [0.4, 0.5) is 17.1 Å². The highest BCUT2D eigenvalue weighted by molar-refractivity contribution is 7.99. The monoisotopic (exact) mass is 720 g/mol. The second kappa shape index (κ2) is 19.1. The maximum atomic E-state index is 13.6. The minimum absolute atomic E-state index is 0.0986. The van der Waals surface area contributed by atoms with Gasteiger partial charge in [0.05, 0.1) is 23.9 Å². The molecule has 0 unspecified atom stereocenters. The highest BCUT2D eigenvalue weighted by atomic mass is 32.2. The summed E-state index contributed by atoms with van der Waals surface area (Å²) in [4.78, 5) is 34.2. The van der Waals surface area contributed by atoms with Crippen LogP contribution in [0.5, 0.6) is 5.75 Å². The number of primary amides is 1. The van der Waals surface area contributed by atoms with Crippen molar-refractivity contribution >= 4 is 51.5 Å². The molecule has 0 saturated heterocycles. The number of amides is 2. The number of aliphatic hydroxyl groups is 1. The van der Waals surface area contributed by atoms with Crippen LogP contribution in [0, 0.1) is 6.92 Å². The number of aliphatic hydroxyl groups excluding tert-OH is 1. The van der Waals surface area contributed by atoms with Crippen LogP contribution in [0.3, 0.4) is 0 Å². The van der Waals surface area contributed by atoms with E-state index in [1.54, 1.807) is 19.1 Å². The van der Waals surface area contributed by atoms with E-state index in [4.69, 9.17) is 20.3 Å². The number of nitrogens with zero attached hydrogens (tertiary/aromatic N) is 2.